The van der Waals surface area contributed by atoms with Crippen LogP contribution in [0.5, 0.6) is 0 Å². The molecule has 0 radical (unpaired) electrons. The van der Waals surface area contributed by atoms with E-state index in [-0.39, 0.29) is 6.10 Å². The Hall–Kier alpha value is -1.43. The minimum atomic E-state index is -0.103. The predicted molar refractivity (Wildman–Crippen MR) is 72.1 cm³/mol. The first-order valence-corrected chi connectivity index (χ1v) is 6.38. The molecule has 1 atom stereocenters. The molecular formula is C13H16ClN3O2. The Bertz CT molecular complexity index is 526. The van der Waals surface area contributed by atoms with Crippen LogP contribution in [0.1, 0.15) is 17.3 Å². The molecule has 6 heteroatoms. The van der Waals surface area contributed by atoms with Gasteiger partial charge >= 0.3 is 0 Å². The summed E-state index contributed by atoms with van der Waals surface area (Å²) in [6, 6.07) is 7.60. The number of methoxy groups -OCH3 is 1. The van der Waals surface area contributed by atoms with Crippen LogP contribution in [0.15, 0.2) is 28.8 Å². The normalized spacial score (nSPS) is 12.6. The van der Waals surface area contributed by atoms with Crippen molar-refractivity contribution in [2.24, 2.45) is 5.73 Å². The lowest BCUT2D eigenvalue weighted by molar-refractivity contribution is 0.102. The van der Waals surface area contributed by atoms with Gasteiger partial charge in [-0.3, -0.25) is 0 Å². The molecule has 2 rings (SSSR count). The number of aromatic nitrogens is 2. The molecule has 0 saturated carbocycles. The molecule has 19 heavy (non-hydrogen) atoms. The summed E-state index contributed by atoms with van der Waals surface area (Å²) >= 11 is 6.09. The summed E-state index contributed by atoms with van der Waals surface area (Å²) in [5.41, 5.74) is 6.52. The lowest BCUT2D eigenvalue weighted by Crippen LogP contribution is -2.24. The lowest BCUT2D eigenvalue weighted by atomic mass is 10.1. The number of hydrogen-bond donors (Lipinski definition) is 1. The van der Waals surface area contributed by atoms with Crippen LogP contribution in [-0.2, 0) is 17.6 Å². The molecule has 0 spiro atoms. The van der Waals surface area contributed by atoms with Crippen LogP contribution in [0.25, 0.3) is 0 Å². The molecule has 1 unspecified atom stereocenters. The van der Waals surface area contributed by atoms with E-state index in [4.69, 9.17) is 26.6 Å². The van der Waals surface area contributed by atoms with E-state index in [0.717, 1.165) is 5.56 Å². The minimum Gasteiger partial charge on any atom is -0.380 e. The molecule has 0 aliphatic heterocycles. The van der Waals surface area contributed by atoms with Gasteiger partial charge in [-0.25, -0.2) is 0 Å². The van der Waals surface area contributed by atoms with Gasteiger partial charge in [-0.2, -0.15) is 4.98 Å². The van der Waals surface area contributed by atoms with E-state index in [1.165, 1.54) is 0 Å². The Morgan fingerprint density at radius 2 is 2.21 bits per heavy atom. The van der Waals surface area contributed by atoms with Gasteiger partial charge in [-0.15, -0.1) is 0 Å². The Kier molecular flexibility index (Phi) is 4.90. The van der Waals surface area contributed by atoms with E-state index < -0.39 is 0 Å². The summed E-state index contributed by atoms with van der Waals surface area (Å²) in [5.74, 6) is 1.13. The maximum atomic E-state index is 6.09. The number of rotatable bonds is 6. The molecule has 2 aromatic rings. The first-order valence-electron chi connectivity index (χ1n) is 6.00. The molecule has 1 aromatic heterocycles. The molecule has 5 nitrogen and oxygen atoms in total. The second-order valence-electron chi connectivity index (χ2n) is 4.17. The highest BCUT2D eigenvalue weighted by molar-refractivity contribution is 6.31. The van der Waals surface area contributed by atoms with Gasteiger partial charge in [0, 0.05) is 25.1 Å². The van der Waals surface area contributed by atoms with Crippen molar-refractivity contribution in [3.05, 3.63) is 46.6 Å². The fraction of sp³-hybridized carbons (Fsp3) is 0.385. The quantitative estimate of drug-likeness (QED) is 0.874. The van der Waals surface area contributed by atoms with Gasteiger partial charge in [0.2, 0.25) is 5.89 Å². The van der Waals surface area contributed by atoms with E-state index >= 15 is 0 Å². The molecule has 102 valence electrons. The van der Waals surface area contributed by atoms with Gasteiger partial charge in [0.1, 0.15) is 0 Å². The smallest absolute Gasteiger partial charge is 0.229 e. The fourth-order valence-electron chi connectivity index (χ4n) is 1.71. The van der Waals surface area contributed by atoms with Crippen molar-refractivity contribution < 1.29 is 9.26 Å². The predicted octanol–water partition coefficient (Wildman–Crippen LogP) is 1.83. The van der Waals surface area contributed by atoms with Crippen molar-refractivity contribution in [2.45, 2.75) is 18.9 Å². The highest BCUT2D eigenvalue weighted by atomic mass is 35.5. The molecule has 2 N–H and O–H groups in total. The van der Waals surface area contributed by atoms with Gasteiger partial charge in [0.15, 0.2) is 5.82 Å². The van der Waals surface area contributed by atoms with Crippen LogP contribution < -0.4 is 5.73 Å². The Balaban J connectivity index is 2.03. The molecule has 0 aliphatic carbocycles. The molecule has 0 fully saturated rings. The monoisotopic (exact) mass is 281 g/mol. The number of nitrogens with two attached hydrogens (primary N) is 1. The standard InChI is InChI=1S/C13H16ClN3O2/c1-18-10(8-15)7-13-16-12(17-19-13)6-9-4-2-3-5-11(9)14/h2-5,10H,6-8,15H2,1H3. The molecule has 1 heterocycles. The first kappa shape index (κ1) is 14.0. The molecule has 0 amide bonds. The molecule has 0 saturated heterocycles. The SMILES string of the molecule is COC(CN)Cc1nc(Cc2ccccc2Cl)no1. The van der Waals surface area contributed by atoms with Crippen molar-refractivity contribution in [2.75, 3.05) is 13.7 Å². The summed E-state index contributed by atoms with van der Waals surface area (Å²) in [7, 11) is 1.61. The van der Waals surface area contributed by atoms with Crippen molar-refractivity contribution >= 4 is 11.6 Å². The van der Waals surface area contributed by atoms with E-state index in [0.29, 0.717) is 36.1 Å². The number of hydrogen-bond acceptors (Lipinski definition) is 5. The Morgan fingerprint density at radius 1 is 1.42 bits per heavy atom. The zero-order valence-corrected chi connectivity index (χ0v) is 11.4. The Morgan fingerprint density at radius 3 is 2.89 bits per heavy atom. The zero-order valence-electron chi connectivity index (χ0n) is 10.7. The van der Waals surface area contributed by atoms with Gasteiger partial charge in [-0.1, -0.05) is 35.0 Å². The molecule has 0 aliphatic rings. The third kappa shape index (κ3) is 3.76. The summed E-state index contributed by atoms with van der Waals surface area (Å²) in [6.07, 6.45) is 0.958. The van der Waals surface area contributed by atoms with Crippen LogP contribution >= 0.6 is 11.6 Å². The van der Waals surface area contributed by atoms with Crippen LogP contribution in [0, 0.1) is 0 Å². The van der Waals surface area contributed by atoms with E-state index in [9.17, 15) is 0 Å². The third-order valence-corrected chi connectivity index (χ3v) is 3.18. The van der Waals surface area contributed by atoms with E-state index in [2.05, 4.69) is 10.1 Å². The second kappa shape index (κ2) is 6.65. The van der Waals surface area contributed by atoms with Crippen LogP contribution in [0.2, 0.25) is 5.02 Å². The number of halogens is 1. The van der Waals surface area contributed by atoms with Crippen LogP contribution in [-0.4, -0.2) is 29.9 Å². The summed E-state index contributed by atoms with van der Waals surface area (Å²) < 4.78 is 10.3. The average Bonchev–Trinajstić information content (AvgIpc) is 2.86. The molecule has 0 bridgehead atoms. The summed E-state index contributed by atoms with van der Waals surface area (Å²) in [4.78, 5) is 4.31. The molecule has 1 aromatic carbocycles. The number of nitrogens with zero attached hydrogens (tertiary/aromatic N) is 2. The zero-order chi connectivity index (χ0) is 13.7. The topological polar surface area (TPSA) is 74.2 Å². The third-order valence-electron chi connectivity index (χ3n) is 2.82. The largest absolute Gasteiger partial charge is 0.380 e. The minimum absolute atomic E-state index is 0.103. The number of ether oxygens (including phenoxy) is 1. The van der Waals surface area contributed by atoms with E-state index in [1.807, 2.05) is 24.3 Å². The molecular weight excluding hydrogens is 266 g/mol. The van der Waals surface area contributed by atoms with Crippen molar-refractivity contribution in [3.8, 4) is 0 Å². The van der Waals surface area contributed by atoms with E-state index in [1.54, 1.807) is 7.11 Å². The van der Waals surface area contributed by atoms with Crippen molar-refractivity contribution in [1.82, 2.24) is 10.1 Å². The van der Waals surface area contributed by atoms with Gasteiger partial charge in [0.25, 0.3) is 0 Å². The Labute approximate surface area is 116 Å². The van der Waals surface area contributed by atoms with Gasteiger partial charge in [0.05, 0.1) is 12.5 Å². The first-order chi connectivity index (χ1) is 9.22. The maximum absolute atomic E-state index is 6.09. The average molecular weight is 282 g/mol. The maximum Gasteiger partial charge on any atom is 0.229 e. The lowest BCUT2D eigenvalue weighted by Gasteiger charge is -2.08. The highest BCUT2D eigenvalue weighted by Crippen LogP contribution is 2.17. The summed E-state index contributed by atoms with van der Waals surface area (Å²) in [5, 5.41) is 4.63. The second-order valence-corrected chi connectivity index (χ2v) is 4.58. The summed E-state index contributed by atoms with van der Waals surface area (Å²) in [6.45, 7) is 0.415. The fourth-order valence-corrected chi connectivity index (χ4v) is 1.92. The number of benzene rings is 1. The van der Waals surface area contributed by atoms with Crippen LogP contribution in [0.4, 0.5) is 0 Å². The van der Waals surface area contributed by atoms with Gasteiger partial charge < -0.3 is 15.0 Å². The van der Waals surface area contributed by atoms with Crippen molar-refractivity contribution in [1.29, 1.82) is 0 Å². The highest BCUT2D eigenvalue weighted by Gasteiger charge is 2.13. The van der Waals surface area contributed by atoms with Crippen molar-refractivity contribution in [3.63, 3.8) is 0 Å². The van der Waals surface area contributed by atoms with Crippen LogP contribution in [0.3, 0.4) is 0 Å². The van der Waals surface area contributed by atoms with Gasteiger partial charge in [-0.05, 0) is 11.6 Å².